The first kappa shape index (κ1) is 13.6. The van der Waals surface area contributed by atoms with Crippen LogP contribution in [0.3, 0.4) is 0 Å². The van der Waals surface area contributed by atoms with E-state index >= 15 is 0 Å². The zero-order chi connectivity index (χ0) is 14.3. The Morgan fingerprint density at radius 1 is 1.40 bits per heavy atom. The highest BCUT2D eigenvalue weighted by atomic mass is 35.5. The lowest BCUT2D eigenvalue weighted by atomic mass is 10.1. The van der Waals surface area contributed by atoms with Gasteiger partial charge in [-0.2, -0.15) is 0 Å². The number of carbonyl (C=O) groups is 1. The summed E-state index contributed by atoms with van der Waals surface area (Å²) in [7, 11) is 2.18. The molecule has 2 fully saturated rings. The van der Waals surface area contributed by atoms with E-state index in [1.165, 1.54) is 19.0 Å². The summed E-state index contributed by atoms with van der Waals surface area (Å²) in [6.07, 6.45) is 5.01. The van der Waals surface area contributed by atoms with Gasteiger partial charge in [0.05, 0.1) is 10.6 Å². The molecule has 2 atom stereocenters. The minimum absolute atomic E-state index is 0.124. The second-order valence-corrected chi connectivity index (χ2v) is 6.02. The summed E-state index contributed by atoms with van der Waals surface area (Å²) in [4.78, 5) is 20.1. The van der Waals surface area contributed by atoms with Crippen molar-refractivity contribution in [2.45, 2.75) is 31.3 Å². The Morgan fingerprint density at radius 2 is 2.15 bits per heavy atom. The average Bonchev–Trinajstić information content (AvgIpc) is 2.64. The van der Waals surface area contributed by atoms with E-state index in [4.69, 9.17) is 16.7 Å². The molecule has 2 bridgehead atoms. The van der Waals surface area contributed by atoms with Gasteiger partial charge in [0.25, 0.3) is 0 Å². The third-order valence-corrected chi connectivity index (χ3v) is 4.84. The number of nitrogens with zero attached hydrogens (tertiary/aromatic N) is 3. The van der Waals surface area contributed by atoms with E-state index < -0.39 is 5.97 Å². The van der Waals surface area contributed by atoms with E-state index in [1.54, 1.807) is 6.07 Å². The van der Waals surface area contributed by atoms with Crippen molar-refractivity contribution in [3.8, 4) is 0 Å². The third-order valence-electron chi connectivity index (χ3n) is 4.54. The Bertz CT molecular complexity index is 537. The fraction of sp³-hybridized carbons (Fsp3) is 0.571. The standard InChI is InChI=1S/C14H18ClN3O2/c1-17-9-2-3-10(17)8-18(5-4-9)13-6-11(14(19)20)12(15)7-16-13/h6-7,9-10H,2-5,8H2,1H3,(H,19,20). The van der Waals surface area contributed by atoms with Gasteiger partial charge in [-0.25, -0.2) is 9.78 Å². The van der Waals surface area contributed by atoms with Gasteiger partial charge in [0, 0.05) is 31.4 Å². The van der Waals surface area contributed by atoms with Crippen LogP contribution in [0.1, 0.15) is 29.6 Å². The van der Waals surface area contributed by atoms with E-state index in [2.05, 4.69) is 21.8 Å². The summed E-state index contributed by atoms with van der Waals surface area (Å²) in [6, 6.07) is 2.77. The molecule has 20 heavy (non-hydrogen) atoms. The van der Waals surface area contributed by atoms with Crippen LogP contribution in [-0.2, 0) is 0 Å². The molecular formula is C14H18ClN3O2. The first-order valence-electron chi connectivity index (χ1n) is 6.92. The maximum absolute atomic E-state index is 11.2. The molecule has 2 aliphatic rings. The highest BCUT2D eigenvalue weighted by Gasteiger charge is 2.35. The lowest BCUT2D eigenvalue weighted by Gasteiger charge is -2.26. The van der Waals surface area contributed by atoms with Crippen LogP contribution in [0.2, 0.25) is 5.02 Å². The maximum Gasteiger partial charge on any atom is 0.337 e. The van der Waals surface area contributed by atoms with Crippen molar-refractivity contribution in [3.63, 3.8) is 0 Å². The number of fused-ring (bicyclic) bond motifs is 2. The Balaban J connectivity index is 1.86. The predicted molar refractivity (Wildman–Crippen MR) is 77.6 cm³/mol. The van der Waals surface area contributed by atoms with Gasteiger partial charge in [-0.1, -0.05) is 11.6 Å². The zero-order valence-corrected chi connectivity index (χ0v) is 12.2. The summed E-state index contributed by atoms with van der Waals surface area (Å²) in [6.45, 7) is 1.82. The molecule has 6 heteroatoms. The number of carboxylic acids is 1. The third kappa shape index (κ3) is 2.36. The van der Waals surface area contributed by atoms with Crippen molar-refractivity contribution >= 4 is 23.4 Å². The second kappa shape index (κ2) is 5.22. The Kier molecular flexibility index (Phi) is 3.56. The predicted octanol–water partition coefficient (Wildman–Crippen LogP) is 2.11. The minimum Gasteiger partial charge on any atom is -0.478 e. The van der Waals surface area contributed by atoms with Crippen molar-refractivity contribution in [1.29, 1.82) is 0 Å². The number of aromatic nitrogens is 1. The maximum atomic E-state index is 11.2. The number of carboxylic acid groups (broad SMARTS) is 1. The van der Waals surface area contributed by atoms with Crippen molar-refractivity contribution in [2.75, 3.05) is 25.0 Å². The molecule has 0 saturated carbocycles. The summed E-state index contributed by atoms with van der Waals surface area (Å²) in [5.41, 5.74) is 0.124. The minimum atomic E-state index is -1.01. The number of aromatic carboxylic acids is 1. The molecule has 0 radical (unpaired) electrons. The van der Waals surface area contributed by atoms with Gasteiger partial charge >= 0.3 is 5.97 Å². The van der Waals surface area contributed by atoms with Gasteiger partial charge in [0.2, 0.25) is 0 Å². The number of rotatable bonds is 2. The van der Waals surface area contributed by atoms with Crippen LogP contribution >= 0.6 is 11.6 Å². The first-order chi connectivity index (χ1) is 9.56. The van der Waals surface area contributed by atoms with Crippen LogP contribution in [0.15, 0.2) is 12.3 Å². The average molecular weight is 296 g/mol. The van der Waals surface area contributed by atoms with Crippen molar-refractivity contribution in [3.05, 3.63) is 22.8 Å². The van der Waals surface area contributed by atoms with Gasteiger partial charge in [-0.05, 0) is 32.4 Å². The largest absolute Gasteiger partial charge is 0.478 e. The number of pyridine rings is 1. The van der Waals surface area contributed by atoms with Gasteiger partial charge in [0.15, 0.2) is 0 Å². The Morgan fingerprint density at radius 3 is 2.90 bits per heavy atom. The Hall–Kier alpha value is -1.33. The van der Waals surface area contributed by atoms with E-state index in [1.807, 2.05) is 0 Å². The van der Waals surface area contributed by atoms with Gasteiger partial charge < -0.3 is 10.0 Å². The molecule has 108 valence electrons. The molecule has 1 aromatic rings. The van der Waals surface area contributed by atoms with Gasteiger partial charge in [-0.3, -0.25) is 4.90 Å². The molecule has 0 aliphatic carbocycles. The van der Waals surface area contributed by atoms with Crippen LogP contribution in [-0.4, -0.2) is 53.2 Å². The molecule has 1 N–H and O–H groups in total. The van der Waals surface area contributed by atoms with Crippen LogP contribution in [0, 0.1) is 0 Å². The van der Waals surface area contributed by atoms with E-state index in [9.17, 15) is 4.79 Å². The molecule has 2 unspecified atom stereocenters. The van der Waals surface area contributed by atoms with Crippen LogP contribution in [0.4, 0.5) is 5.82 Å². The van der Waals surface area contributed by atoms with Crippen LogP contribution in [0.5, 0.6) is 0 Å². The van der Waals surface area contributed by atoms with E-state index in [-0.39, 0.29) is 10.6 Å². The SMILES string of the molecule is CN1C2CCC1CN(c1cc(C(=O)O)c(Cl)cn1)CC2. The lowest BCUT2D eigenvalue weighted by molar-refractivity contribution is 0.0697. The molecule has 0 aromatic carbocycles. The highest BCUT2D eigenvalue weighted by Crippen LogP contribution is 2.31. The second-order valence-electron chi connectivity index (χ2n) is 5.61. The van der Waals surface area contributed by atoms with Crippen molar-refractivity contribution in [1.82, 2.24) is 9.88 Å². The molecule has 0 spiro atoms. The number of hydrogen-bond donors (Lipinski definition) is 1. The van der Waals surface area contributed by atoms with Gasteiger partial charge in [0.1, 0.15) is 5.82 Å². The Labute approximate surface area is 123 Å². The summed E-state index contributed by atoms with van der Waals surface area (Å²) in [5, 5.41) is 9.34. The van der Waals surface area contributed by atoms with Crippen molar-refractivity contribution in [2.24, 2.45) is 0 Å². The molecule has 3 rings (SSSR count). The quantitative estimate of drug-likeness (QED) is 0.905. The topological polar surface area (TPSA) is 56.7 Å². The summed E-state index contributed by atoms with van der Waals surface area (Å²) < 4.78 is 0. The molecule has 2 aliphatic heterocycles. The number of halogens is 1. The molecule has 2 saturated heterocycles. The molecule has 0 amide bonds. The fourth-order valence-corrected chi connectivity index (χ4v) is 3.47. The van der Waals surface area contributed by atoms with Crippen molar-refractivity contribution < 1.29 is 9.90 Å². The number of likely N-dealkylation sites (N-methyl/N-ethyl adjacent to an activating group) is 1. The zero-order valence-electron chi connectivity index (χ0n) is 11.4. The molecular weight excluding hydrogens is 278 g/mol. The molecule has 5 nitrogen and oxygen atoms in total. The van der Waals surface area contributed by atoms with Gasteiger partial charge in [-0.15, -0.1) is 0 Å². The highest BCUT2D eigenvalue weighted by molar-refractivity contribution is 6.33. The number of anilines is 1. The molecule has 1 aromatic heterocycles. The lowest BCUT2D eigenvalue weighted by Crippen LogP contribution is -2.37. The monoisotopic (exact) mass is 295 g/mol. The van der Waals surface area contributed by atoms with Crippen LogP contribution < -0.4 is 4.90 Å². The van der Waals surface area contributed by atoms with Crippen LogP contribution in [0.25, 0.3) is 0 Å². The summed E-state index contributed by atoms with van der Waals surface area (Å²) >= 11 is 5.88. The summed E-state index contributed by atoms with van der Waals surface area (Å²) in [5.74, 6) is -0.292. The first-order valence-corrected chi connectivity index (χ1v) is 7.30. The van der Waals surface area contributed by atoms with E-state index in [0.29, 0.717) is 17.9 Å². The normalized spacial score (nSPS) is 26.6. The fourth-order valence-electron chi connectivity index (χ4n) is 3.28. The molecule has 3 heterocycles. The smallest absolute Gasteiger partial charge is 0.337 e. The van der Waals surface area contributed by atoms with E-state index in [0.717, 1.165) is 19.5 Å². The number of hydrogen-bond acceptors (Lipinski definition) is 4.